The van der Waals surface area contributed by atoms with Crippen molar-refractivity contribution in [2.75, 3.05) is 11.5 Å². The molecule has 0 radical (unpaired) electrons. The van der Waals surface area contributed by atoms with E-state index in [1.54, 1.807) is 10.6 Å². The van der Waals surface area contributed by atoms with Crippen molar-refractivity contribution in [1.82, 2.24) is 14.5 Å². The molecule has 4 rings (SSSR count). The smallest absolute Gasteiger partial charge is 0.263 e. The molecule has 0 fully saturated rings. The number of nitrogens with two attached hydrogens (primary N) is 2. The average Bonchev–Trinajstić information content (AvgIpc) is 2.92. The van der Waals surface area contributed by atoms with E-state index in [0.717, 1.165) is 23.0 Å². The van der Waals surface area contributed by atoms with E-state index in [-0.39, 0.29) is 22.9 Å². The third-order valence-electron chi connectivity index (χ3n) is 5.62. The first-order valence-electron chi connectivity index (χ1n) is 11.9. The van der Waals surface area contributed by atoms with Crippen LogP contribution in [0.2, 0.25) is 0 Å². The molecule has 0 aliphatic heterocycles. The fourth-order valence-electron chi connectivity index (χ4n) is 3.87. The lowest BCUT2D eigenvalue weighted by atomic mass is 9.98. The number of rotatable bonds is 6. The van der Waals surface area contributed by atoms with Gasteiger partial charge in [0.05, 0.1) is 11.6 Å². The van der Waals surface area contributed by atoms with E-state index in [1.807, 2.05) is 68.4 Å². The Morgan fingerprint density at radius 3 is 2.50 bits per heavy atom. The molecule has 2 heterocycles. The minimum Gasteiger partial charge on any atom is -0.382 e. The number of hydrogen-bond acceptors (Lipinski definition) is 7. The molecule has 0 spiro atoms. The summed E-state index contributed by atoms with van der Waals surface area (Å²) in [6.45, 7) is 3.86. The van der Waals surface area contributed by atoms with Crippen LogP contribution in [-0.4, -0.2) is 20.7 Å². The quantitative estimate of drug-likeness (QED) is 0.235. The van der Waals surface area contributed by atoms with Gasteiger partial charge in [0.1, 0.15) is 23.3 Å². The van der Waals surface area contributed by atoms with Crippen LogP contribution in [0.15, 0.2) is 83.6 Å². The number of aryl methyl sites for hydroxylation is 1. The predicted octanol–water partition coefficient (Wildman–Crippen LogP) is 5.36. The fourth-order valence-corrected chi connectivity index (χ4v) is 3.87. The summed E-state index contributed by atoms with van der Waals surface area (Å²) in [5.74, 6) is -0.210. The van der Waals surface area contributed by atoms with Crippen LogP contribution >= 0.6 is 0 Å². The van der Waals surface area contributed by atoms with E-state index >= 15 is 0 Å². The van der Waals surface area contributed by atoms with Crippen LogP contribution in [0.25, 0.3) is 22.0 Å². The van der Waals surface area contributed by atoms with Crippen LogP contribution in [0.1, 0.15) is 37.1 Å². The highest BCUT2D eigenvalue weighted by molar-refractivity contribution is 6.14. The first kappa shape index (κ1) is 27.5. The highest BCUT2D eigenvalue weighted by Crippen LogP contribution is 2.25. The second kappa shape index (κ2) is 12.7. The highest BCUT2D eigenvalue weighted by atomic mass is 19.1. The molecule has 0 saturated heterocycles. The largest absolute Gasteiger partial charge is 0.382 e. The molecule has 2 aromatic heterocycles. The standard InChI is InChI=1S/C24H23FN2O.C5H5N5/c1-3-9-19(25)14-18(16-26)22-13-8-10-17-15-20(4-2)27(24(28)23(17)22)21-11-6-5-7-12-21;6-1-3-2-9-5(8)10-4(3)7/h5-16,26H,3-4H2,1-2H3;2H,(H4,7,8,9,10)/b18-14+,19-9+,26-16?;. The van der Waals surface area contributed by atoms with Crippen LogP contribution in [0, 0.1) is 16.7 Å². The van der Waals surface area contributed by atoms with Crippen molar-refractivity contribution in [2.45, 2.75) is 26.7 Å². The number of pyridine rings is 1. The van der Waals surface area contributed by atoms with Crippen molar-refractivity contribution in [3.05, 3.63) is 106 Å². The van der Waals surface area contributed by atoms with E-state index in [1.165, 1.54) is 18.3 Å². The molecule has 0 unspecified atom stereocenters. The molecule has 8 nitrogen and oxygen atoms in total. The minimum absolute atomic E-state index is 0.0801. The molecule has 0 bridgehead atoms. The zero-order valence-electron chi connectivity index (χ0n) is 21.1. The number of fused-ring (bicyclic) bond motifs is 1. The lowest BCUT2D eigenvalue weighted by Gasteiger charge is -2.15. The summed E-state index contributed by atoms with van der Waals surface area (Å²) >= 11 is 0. The Bertz CT molecular complexity index is 1620. The number of benzene rings is 2. The number of nitriles is 1. The number of nitrogens with one attached hydrogen (secondary N) is 1. The van der Waals surface area contributed by atoms with E-state index in [2.05, 4.69) is 9.97 Å². The van der Waals surface area contributed by atoms with Gasteiger partial charge < -0.3 is 16.9 Å². The topological polar surface area (TPSA) is 147 Å². The number of allylic oxidation sites excluding steroid dienone is 4. The van der Waals surface area contributed by atoms with Gasteiger partial charge >= 0.3 is 0 Å². The van der Waals surface area contributed by atoms with Gasteiger partial charge in [0.2, 0.25) is 5.95 Å². The molecule has 0 aliphatic carbocycles. The van der Waals surface area contributed by atoms with Crippen molar-refractivity contribution >= 4 is 34.3 Å². The molecule has 4 aromatic rings. The number of hydrogen-bond donors (Lipinski definition) is 3. The van der Waals surface area contributed by atoms with Gasteiger partial charge in [-0.25, -0.2) is 9.37 Å². The second-order valence-electron chi connectivity index (χ2n) is 8.12. The number of aromatic nitrogens is 3. The second-order valence-corrected chi connectivity index (χ2v) is 8.12. The Labute approximate surface area is 219 Å². The molecule has 0 aliphatic rings. The SMILES string of the molecule is CC/C=C(F)\C=C(/C=N)c1cccc2cc(CC)n(-c3ccccc3)c(=O)c12.N#Cc1cnc(N)nc1N. The Kier molecular flexibility index (Phi) is 9.21. The van der Waals surface area contributed by atoms with Gasteiger partial charge in [0, 0.05) is 23.2 Å². The van der Waals surface area contributed by atoms with Crippen molar-refractivity contribution in [2.24, 2.45) is 0 Å². The summed E-state index contributed by atoms with van der Waals surface area (Å²) in [6.07, 6.45) is 6.40. The van der Waals surface area contributed by atoms with Crippen molar-refractivity contribution in [3.63, 3.8) is 0 Å². The van der Waals surface area contributed by atoms with Gasteiger partial charge in [0.15, 0.2) is 0 Å². The van der Waals surface area contributed by atoms with E-state index in [4.69, 9.17) is 22.1 Å². The molecule has 2 aromatic carbocycles. The first-order chi connectivity index (χ1) is 18.3. The van der Waals surface area contributed by atoms with Crippen LogP contribution in [0.3, 0.4) is 0 Å². The van der Waals surface area contributed by atoms with Crippen molar-refractivity contribution in [1.29, 1.82) is 10.7 Å². The minimum atomic E-state index is -0.411. The van der Waals surface area contributed by atoms with Gasteiger partial charge in [-0.1, -0.05) is 50.2 Å². The summed E-state index contributed by atoms with van der Waals surface area (Å²) in [5.41, 5.74) is 13.2. The maximum Gasteiger partial charge on any atom is 0.263 e. The maximum absolute atomic E-state index is 14.1. The summed E-state index contributed by atoms with van der Waals surface area (Å²) in [5, 5.41) is 17.4. The van der Waals surface area contributed by atoms with E-state index in [9.17, 15) is 9.18 Å². The van der Waals surface area contributed by atoms with E-state index in [0.29, 0.717) is 29.4 Å². The monoisotopic (exact) mass is 509 g/mol. The van der Waals surface area contributed by atoms with Gasteiger partial charge in [-0.2, -0.15) is 10.2 Å². The Morgan fingerprint density at radius 1 is 1.16 bits per heavy atom. The molecule has 192 valence electrons. The zero-order valence-corrected chi connectivity index (χ0v) is 21.1. The fraction of sp³-hybridized carbons (Fsp3) is 0.138. The Balaban J connectivity index is 0.000000336. The van der Waals surface area contributed by atoms with Gasteiger partial charge in [-0.15, -0.1) is 0 Å². The number of nitrogens with zero attached hydrogens (tertiary/aromatic N) is 4. The zero-order chi connectivity index (χ0) is 27.7. The lowest BCUT2D eigenvalue weighted by molar-refractivity contribution is 0.662. The van der Waals surface area contributed by atoms with Crippen LogP contribution < -0.4 is 17.0 Å². The average molecular weight is 510 g/mol. The third kappa shape index (κ3) is 6.17. The predicted molar refractivity (Wildman–Crippen MR) is 151 cm³/mol. The van der Waals surface area contributed by atoms with Gasteiger partial charge in [0.25, 0.3) is 5.56 Å². The Hall–Kier alpha value is -5.10. The van der Waals surface area contributed by atoms with Gasteiger partial charge in [-0.05, 0) is 54.1 Å². The first-order valence-corrected chi connectivity index (χ1v) is 11.9. The highest BCUT2D eigenvalue weighted by Gasteiger charge is 2.15. The van der Waals surface area contributed by atoms with Crippen LogP contribution in [0.5, 0.6) is 0 Å². The number of para-hydroxylation sites is 1. The summed E-state index contributed by atoms with van der Waals surface area (Å²) < 4.78 is 15.8. The lowest BCUT2D eigenvalue weighted by Crippen LogP contribution is -2.22. The van der Waals surface area contributed by atoms with Crippen molar-refractivity contribution in [3.8, 4) is 11.8 Å². The molecular weight excluding hydrogens is 481 g/mol. The van der Waals surface area contributed by atoms with Crippen molar-refractivity contribution < 1.29 is 4.39 Å². The van der Waals surface area contributed by atoms with Crippen LogP contribution in [-0.2, 0) is 6.42 Å². The van der Waals surface area contributed by atoms with Crippen LogP contribution in [0.4, 0.5) is 16.2 Å². The molecule has 0 atom stereocenters. The molecule has 9 heteroatoms. The molecule has 38 heavy (non-hydrogen) atoms. The summed E-state index contributed by atoms with van der Waals surface area (Å²) in [4.78, 5) is 20.7. The van der Waals surface area contributed by atoms with Gasteiger partial charge in [-0.3, -0.25) is 9.36 Å². The molecule has 5 N–H and O–H groups in total. The maximum atomic E-state index is 14.1. The normalized spacial score (nSPS) is 11.4. The molecular formula is C29H28FN7O. The number of anilines is 2. The Morgan fingerprint density at radius 2 is 1.89 bits per heavy atom. The number of nitrogen functional groups attached to an aromatic ring is 2. The summed E-state index contributed by atoms with van der Waals surface area (Å²) in [7, 11) is 0. The van der Waals surface area contributed by atoms with E-state index < -0.39 is 5.83 Å². The summed E-state index contributed by atoms with van der Waals surface area (Å²) in [6, 6.07) is 18.8. The molecule has 0 saturated carbocycles. The molecule has 0 amide bonds. The third-order valence-corrected chi connectivity index (χ3v) is 5.62. The number of halogens is 1.